The van der Waals surface area contributed by atoms with E-state index in [1.54, 1.807) is 6.20 Å². The summed E-state index contributed by atoms with van der Waals surface area (Å²) in [7, 11) is 1.53. The second-order valence-electron chi connectivity index (χ2n) is 5.91. The van der Waals surface area contributed by atoms with Crippen LogP contribution in [0, 0.1) is 0 Å². The lowest BCUT2D eigenvalue weighted by atomic mass is 9.78. The molecule has 0 radical (unpaired) electrons. The zero-order valence-electron chi connectivity index (χ0n) is 12.3. The molecule has 0 amide bonds. The molecule has 1 aromatic rings. The summed E-state index contributed by atoms with van der Waals surface area (Å²) in [5, 5.41) is 0. The van der Waals surface area contributed by atoms with Gasteiger partial charge in [0, 0.05) is 26.0 Å². The molecule has 0 atom stereocenters. The number of hydrogen-bond donors (Lipinski definition) is 1. The molecule has 1 aliphatic heterocycles. The molecule has 2 heterocycles. The second kappa shape index (κ2) is 4.78. The molecule has 0 aliphatic carbocycles. The lowest BCUT2D eigenvalue weighted by Gasteiger charge is -2.32. The van der Waals surface area contributed by atoms with Crippen molar-refractivity contribution in [3.05, 3.63) is 23.7 Å². The van der Waals surface area contributed by atoms with Crippen LogP contribution in [0.3, 0.4) is 0 Å². The van der Waals surface area contributed by atoms with Gasteiger partial charge in [-0.3, -0.25) is 0 Å². The van der Waals surface area contributed by atoms with Gasteiger partial charge in [0.15, 0.2) is 0 Å². The third-order valence-electron chi connectivity index (χ3n) is 3.96. The minimum atomic E-state index is -0.410. The van der Waals surface area contributed by atoms with E-state index in [9.17, 15) is 0 Å². The standard InChI is InChI=1S/C13H22BN3O2/c1-12(2)13(3,4)19-14(18-12)10(9-15)8-11-16-6-7-17(11)5/h6-8H,9,15H2,1-5H3. The van der Waals surface area contributed by atoms with Crippen LogP contribution in [0.1, 0.15) is 33.5 Å². The van der Waals surface area contributed by atoms with Crippen LogP contribution in [0.15, 0.2) is 17.9 Å². The first-order valence-electron chi connectivity index (χ1n) is 6.50. The number of rotatable bonds is 3. The van der Waals surface area contributed by atoms with Crippen molar-refractivity contribution >= 4 is 13.2 Å². The maximum atomic E-state index is 6.00. The van der Waals surface area contributed by atoms with Crippen molar-refractivity contribution in [3.63, 3.8) is 0 Å². The van der Waals surface area contributed by atoms with Crippen LogP contribution in [0.2, 0.25) is 0 Å². The van der Waals surface area contributed by atoms with Gasteiger partial charge >= 0.3 is 7.12 Å². The van der Waals surface area contributed by atoms with E-state index in [0.29, 0.717) is 6.54 Å². The van der Waals surface area contributed by atoms with Crippen LogP contribution in [0.4, 0.5) is 0 Å². The van der Waals surface area contributed by atoms with E-state index in [-0.39, 0.29) is 11.2 Å². The molecule has 104 valence electrons. The lowest BCUT2D eigenvalue weighted by molar-refractivity contribution is 0.00578. The average Bonchev–Trinajstić information content (AvgIpc) is 2.78. The van der Waals surface area contributed by atoms with Gasteiger partial charge in [0.1, 0.15) is 5.82 Å². The van der Waals surface area contributed by atoms with Crippen LogP contribution < -0.4 is 5.73 Å². The minimum absolute atomic E-state index is 0.354. The fourth-order valence-electron chi connectivity index (χ4n) is 1.90. The number of nitrogens with two attached hydrogens (primary N) is 1. The maximum Gasteiger partial charge on any atom is 0.491 e. The highest BCUT2D eigenvalue weighted by Gasteiger charge is 2.52. The molecule has 1 aliphatic rings. The third-order valence-corrected chi connectivity index (χ3v) is 3.96. The van der Waals surface area contributed by atoms with Crippen molar-refractivity contribution in [1.29, 1.82) is 0 Å². The topological polar surface area (TPSA) is 62.3 Å². The molecule has 2 rings (SSSR count). The van der Waals surface area contributed by atoms with Crippen LogP contribution in [-0.4, -0.2) is 34.4 Å². The lowest BCUT2D eigenvalue weighted by Crippen LogP contribution is -2.41. The van der Waals surface area contributed by atoms with Crippen LogP contribution in [0.25, 0.3) is 6.08 Å². The van der Waals surface area contributed by atoms with Gasteiger partial charge in [-0.05, 0) is 39.2 Å². The Balaban J connectivity index is 2.26. The van der Waals surface area contributed by atoms with Gasteiger partial charge < -0.3 is 19.6 Å². The Kier molecular flexibility index (Phi) is 3.60. The fourth-order valence-corrected chi connectivity index (χ4v) is 1.90. The minimum Gasteiger partial charge on any atom is -0.400 e. The molecule has 1 aromatic heterocycles. The molecule has 2 N–H and O–H groups in total. The molecule has 0 aromatic carbocycles. The third kappa shape index (κ3) is 2.61. The molecule has 0 unspecified atom stereocenters. The quantitative estimate of drug-likeness (QED) is 0.837. The predicted molar refractivity (Wildman–Crippen MR) is 76.3 cm³/mol. The van der Waals surface area contributed by atoms with E-state index in [0.717, 1.165) is 11.3 Å². The van der Waals surface area contributed by atoms with Gasteiger partial charge in [0.25, 0.3) is 0 Å². The number of hydrogen-bond acceptors (Lipinski definition) is 4. The highest BCUT2D eigenvalue weighted by Crippen LogP contribution is 2.38. The first kappa shape index (κ1) is 14.3. The van der Waals surface area contributed by atoms with E-state index < -0.39 is 7.12 Å². The highest BCUT2D eigenvalue weighted by molar-refractivity contribution is 6.55. The summed E-state index contributed by atoms with van der Waals surface area (Å²) in [6, 6.07) is 0. The van der Waals surface area contributed by atoms with E-state index >= 15 is 0 Å². The first-order valence-corrected chi connectivity index (χ1v) is 6.50. The monoisotopic (exact) mass is 263 g/mol. The van der Waals surface area contributed by atoms with Gasteiger partial charge in [0.05, 0.1) is 11.2 Å². The number of nitrogens with zero attached hydrogens (tertiary/aromatic N) is 2. The molecule has 0 bridgehead atoms. The molecular formula is C13H22BN3O2. The first-order chi connectivity index (χ1) is 8.77. The summed E-state index contributed by atoms with van der Waals surface area (Å²) in [4.78, 5) is 4.27. The largest absolute Gasteiger partial charge is 0.491 e. The Bertz CT molecular complexity index is 478. The Morgan fingerprint density at radius 3 is 2.37 bits per heavy atom. The summed E-state index contributed by atoms with van der Waals surface area (Å²) in [5.74, 6) is 0.843. The SMILES string of the molecule is Cn1ccnc1C=C(CN)B1OC(C)(C)C(C)(C)O1. The van der Waals surface area contributed by atoms with Gasteiger partial charge in [-0.2, -0.15) is 0 Å². The summed E-state index contributed by atoms with van der Waals surface area (Å²) in [6.45, 7) is 8.50. The van der Waals surface area contributed by atoms with Gasteiger partial charge in [-0.1, -0.05) is 0 Å². The second-order valence-corrected chi connectivity index (χ2v) is 5.91. The maximum absolute atomic E-state index is 6.00. The van der Waals surface area contributed by atoms with Crippen LogP contribution >= 0.6 is 0 Å². The Hall–Kier alpha value is -1.11. The molecule has 5 nitrogen and oxygen atoms in total. The molecule has 0 saturated carbocycles. The van der Waals surface area contributed by atoms with Crippen molar-refractivity contribution in [2.45, 2.75) is 38.9 Å². The van der Waals surface area contributed by atoms with Crippen LogP contribution in [-0.2, 0) is 16.4 Å². The zero-order valence-corrected chi connectivity index (χ0v) is 12.3. The summed E-state index contributed by atoms with van der Waals surface area (Å²) in [5.41, 5.74) is 6.02. The molecular weight excluding hydrogens is 241 g/mol. The molecule has 1 saturated heterocycles. The Morgan fingerprint density at radius 1 is 1.37 bits per heavy atom. The molecule has 1 fully saturated rings. The molecule has 19 heavy (non-hydrogen) atoms. The van der Waals surface area contributed by atoms with Crippen molar-refractivity contribution in [3.8, 4) is 0 Å². The van der Waals surface area contributed by atoms with Gasteiger partial charge in [-0.15, -0.1) is 0 Å². The summed E-state index contributed by atoms with van der Waals surface area (Å²) < 4.78 is 13.9. The van der Waals surface area contributed by atoms with E-state index in [1.807, 2.05) is 51.6 Å². The van der Waals surface area contributed by atoms with E-state index in [2.05, 4.69) is 4.98 Å². The van der Waals surface area contributed by atoms with Crippen molar-refractivity contribution in [2.24, 2.45) is 12.8 Å². The Morgan fingerprint density at radius 2 is 1.95 bits per heavy atom. The summed E-state index contributed by atoms with van der Waals surface area (Å²) in [6.07, 6.45) is 5.58. The van der Waals surface area contributed by atoms with E-state index in [4.69, 9.17) is 15.0 Å². The fraction of sp³-hybridized carbons (Fsp3) is 0.615. The van der Waals surface area contributed by atoms with Crippen LogP contribution in [0.5, 0.6) is 0 Å². The summed E-state index contributed by atoms with van der Waals surface area (Å²) >= 11 is 0. The van der Waals surface area contributed by atoms with Crippen molar-refractivity contribution < 1.29 is 9.31 Å². The zero-order chi connectivity index (χ0) is 14.3. The molecule has 6 heteroatoms. The van der Waals surface area contributed by atoms with E-state index in [1.165, 1.54) is 0 Å². The van der Waals surface area contributed by atoms with Gasteiger partial charge in [0.2, 0.25) is 0 Å². The Labute approximate surface area is 114 Å². The van der Waals surface area contributed by atoms with Crippen molar-refractivity contribution in [1.82, 2.24) is 9.55 Å². The number of aromatic nitrogens is 2. The number of aryl methyl sites for hydroxylation is 1. The smallest absolute Gasteiger partial charge is 0.400 e. The van der Waals surface area contributed by atoms with Gasteiger partial charge in [-0.25, -0.2) is 4.98 Å². The normalized spacial score (nSPS) is 22.0. The highest BCUT2D eigenvalue weighted by atomic mass is 16.7. The average molecular weight is 263 g/mol. The predicted octanol–water partition coefficient (Wildman–Crippen LogP) is 1.39. The number of imidazole rings is 1. The molecule has 0 spiro atoms. The van der Waals surface area contributed by atoms with Crippen molar-refractivity contribution in [2.75, 3.05) is 6.54 Å².